The molecular weight excluding hydrogens is 283 g/mol. The zero-order valence-corrected chi connectivity index (χ0v) is 11.3. The van der Waals surface area contributed by atoms with Crippen LogP contribution >= 0.6 is 0 Å². The lowest BCUT2D eigenvalue weighted by Gasteiger charge is -2.06. The number of hydrogen-bond acceptors (Lipinski definition) is 3. The van der Waals surface area contributed by atoms with Gasteiger partial charge in [0, 0.05) is 18.2 Å². The smallest absolute Gasteiger partial charge is 0.251 e. The molecule has 0 atom stereocenters. The van der Waals surface area contributed by atoms with Crippen LogP contribution in [0.4, 0.5) is 13.2 Å². The average Bonchev–Trinajstić information content (AvgIpc) is 2.44. The van der Waals surface area contributed by atoms with Crippen molar-refractivity contribution in [2.45, 2.75) is 19.9 Å². The number of rotatable bonds is 5. The SMILES string of the molecule is CCCNCc1cc(=O)[nH]c(-c2cc(F)c(F)c(F)c2)n1. The van der Waals surface area contributed by atoms with Crippen LogP contribution in [0.25, 0.3) is 11.4 Å². The summed E-state index contributed by atoms with van der Waals surface area (Å²) in [5, 5.41) is 3.07. The topological polar surface area (TPSA) is 57.8 Å². The van der Waals surface area contributed by atoms with Gasteiger partial charge >= 0.3 is 0 Å². The Balaban J connectivity index is 2.37. The third kappa shape index (κ3) is 3.69. The van der Waals surface area contributed by atoms with Crippen LogP contribution in [-0.4, -0.2) is 16.5 Å². The molecular formula is C14H14F3N3O. The highest BCUT2D eigenvalue weighted by atomic mass is 19.2. The third-order valence-corrected chi connectivity index (χ3v) is 2.78. The number of benzene rings is 1. The molecule has 2 N–H and O–H groups in total. The minimum atomic E-state index is -1.55. The Kier molecular flexibility index (Phi) is 4.74. The Hall–Kier alpha value is -2.15. The first kappa shape index (κ1) is 15.2. The maximum atomic E-state index is 13.2. The number of aromatic nitrogens is 2. The molecule has 0 amide bonds. The van der Waals surface area contributed by atoms with E-state index in [-0.39, 0.29) is 11.4 Å². The van der Waals surface area contributed by atoms with Crippen molar-refractivity contribution in [3.8, 4) is 11.4 Å². The van der Waals surface area contributed by atoms with Crippen LogP contribution in [0.1, 0.15) is 19.0 Å². The van der Waals surface area contributed by atoms with Crippen LogP contribution in [0, 0.1) is 17.5 Å². The molecule has 0 aliphatic carbocycles. The summed E-state index contributed by atoms with van der Waals surface area (Å²) in [4.78, 5) is 18.1. The van der Waals surface area contributed by atoms with E-state index in [1.807, 2.05) is 6.92 Å². The molecule has 112 valence electrons. The molecule has 0 saturated carbocycles. The van der Waals surface area contributed by atoms with Crippen molar-refractivity contribution in [3.05, 3.63) is 51.7 Å². The standard InChI is InChI=1S/C14H14F3N3O/c1-2-3-18-7-9-6-12(21)20-14(19-9)8-4-10(15)13(17)11(16)5-8/h4-6,18H,2-3,7H2,1H3,(H,19,20,21). The summed E-state index contributed by atoms with van der Waals surface area (Å²) >= 11 is 0. The van der Waals surface area contributed by atoms with Gasteiger partial charge in [0.15, 0.2) is 17.5 Å². The van der Waals surface area contributed by atoms with Crippen LogP contribution in [0.15, 0.2) is 23.0 Å². The highest BCUT2D eigenvalue weighted by Crippen LogP contribution is 2.20. The Morgan fingerprint density at radius 2 is 1.86 bits per heavy atom. The van der Waals surface area contributed by atoms with E-state index in [9.17, 15) is 18.0 Å². The van der Waals surface area contributed by atoms with Crippen LogP contribution in [0.3, 0.4) is 0 Å². The van der Waals surface area contributed by atoms with Gasteiger partial charge in [-0.3, -0.25) is 4.79 Å². The number of nitrogens with zero attached hydrogens (tertiary/aromatic N) is 1. The summed E-state index contributed by atoms with van der Waals surface area (Å²) < 4.78 is 39.4. The fourth-order valence-electron chi connectivity index (χ4n) is 1.82. The minimum Gasteiger partial charge on any atom is -0.311 e. The van der Waals surface area contributed by atoms with Crippen LogP contribution in [0.5, 0.6) is 0 Å². The zero-order chi connectivity index (χ0) is 15.4. The normalized spacial score (nSPS) is 10.9. The van der Waals surface area contributed by atoms with Gasteiger partial charge in [-0.15, -0.1) is 0 Å². The average molecular weight is 297 g/mol. The Bertz CT molecular complexity index is 677. The van der Waals surface area contributed by atoms with Gasteiger partial charge < -0.3 is 10.3 Å². The van der Waals surface area contributed by atoms with Crippen molar-refractivity contribution in [3.63, 3.8) is 0 Å². The molecule has 0 spiro atoms. The number of nitrogens with one attached hydrogen (secondary N) is 2. The van der Waals surface area contributed by atoms with Gasteiger partial charge in [-0.05, 0) is 25.1 Å². The van der Waals surface area contributed by atoms with Crippen LogP contribution in [-0.2, 0) is 6.54 Å². The van der Waals surface area contributed by atoms with E-state index in [0.29, 0.717) is 12.2 Å². The van der Waals surface area contributed by atoms with E-state index in [4.69, 9.17) is 0 Å². The first-order valence-electron chi connectivity index (χ1n) is 6.47. The monoisotopic (exact) mass is 297 g/mol. The van der Waals surface area contributed by atoms with Crippen LogP contribution < -0.4 is 10.9 Å². The first-order valence-corrected chi connectivity index (χ1v) is 6.47. The highest BCUT2D eigenvalue weighted by Gasteiger charge is 2.13. The van der Waals surface area contributed by atoms with Crippen molar-refractivity contribution in [2.75, 3.05) is 6.54 Å². The Morgan fingerprint density at radius 1 is 1.19 bits per heavy atom. The second-order valence-electron chi connectivity index (χ2n) is 4.52. The lowest BCUT2D eigenvalue weighted by atomic mass is 10.2. The molecule has 0 saturated heterocycles. The van der Waals surface area contributed by atoms with E-state index >= 15 is 0 Å². The molecule has 21 heavy (non-hydrogen) atoms. The summed E-state index contributed by atoms with van der Waals surface area (Å²) in [6.07, 6.45) is 0.921. The minimum absolute atomic E-state index is 0.00593. The quantitative estimate of drug-likeness (QED) is 0.658. The molecule has 2 rings (SSSR count). The first-order chi connectivity index (χ1) is 10.0. The summed E-state index contributed by atoms with van der Waals surface area (Å²) in [5.74, 6) is -4.22. The molecule has 0 radical (unpaired) electrons. The molecule has 0 fully saturated rings. The lowest BCUT2D eigenvalue weighted by molar-refractivity contribution is 0.447. The lowest BCUT2D eigenvalue weighted by Crippen LogP contribution is -2.18. The van der Waals surface area contributed by atoms with E-state index in [1.54, 1.807) is 0 Å². The van der Waals surface area contributed by atoms with Gasteiger partial charge in [-0.2, -0.15) is 0 Å². The molecule has 0 bridgehead atoms. The van der Waals surface area contributed by atoms with Crippen molar-refractivity contribution < 1.29 is 13.2 Å². The van der Waals surface area contributed by atoms with Crippen molar-refractivity contribution in [1.82, 2.24) is 15.3 Å². The third-order valence-electron chi connectivity index (χ3n) is 2.78. The molecule has 1 heterocycles. The van der Waals surface area contributed by atoms with E-state index in [2.05, 4.69) is 15.3 Å². The number of hydrogen-bond donors (Lipinski definition) is 2. The largest absolute Gasteiger partial charge is 0.311 e. The van der Waals surface area contributed by atoms with Crippen LogP contribution in [0.2, 0.25) is 0 Å². The summed E-state index contributed by atoms with van der Waals surface area (Å²) in [5.41, 5.74) is -0.0355. The molecule has 0 aliphatic heterocycles. The summed E-state index contributed by atoms with van der Waals surface area (Å²) in [6.45, 7) is 3.11. The van der Waals surface area contributed by atoms with Gasteiger partial charge in [-0.1, -0.05) is 6.92 Å². The van der Waals surface area contributed by atoms with Gasteiger partial charge in [0.2, 0.25) is 0 Å². The summed E-state index contributed by atoms with van der Waals surface area (Å²) in [7, 11) is 0. The molecule has 4 nitrogen and oxygen atoms in total. The second kappa shape index (κ2) is 6.53. The maximum absolute atomic E-state index is 13.2. The van der Waals surface area contributed by atoms with E-state index < -0.39 is 23.0 Å². The number of halogens is 3. The molecule has 7 heteroatoms. The predicted octanol–water partition coefficient (Wildman–Crippen LogP) is 2.35. The fourth-order valence-corrected chi connectivity index (χ4v) is 1.82. The fraction of sp³-hybridized carbons (Fsp3) is 0.286. The predicted molar refractivity (Wildman–Crippen MR) is 72.2 cm³/mol. The van der Waals surface area contributed by atoms with Gasteiger partial charge in [-0.25, -0.2) is 18.2 Å². The van der Waals surface area contributed by atoms with Gasteiger partial charge in [0.05, 0.1) is 5.69 Å². The van der Waals surface area contributed by atoms with Crippen molar-refractivity contribution in [1.29, 1.82) is 0 Å². The van der Waals surface area contributed by atoms with E-state index in [1.165, 1.54) is 6.07 Å². The van der Waals surface area contributed by atoms with Crippen molar-refractivity contribution in [2.24, 2.45) is 0 Å². The molecule has 0 aliphatic rings. The molecule has 1 aromatic carbocycles. The second-order valence-corrected chi connectivity index (χ2v) is 4.52. The molecule has 1 aromatic heterocycles. The van der Waals surface area contributed by atoms with Gasteiger partial charge in [0.1, 0.15) is 5.82 Å². The Morgan fingerprint density at radius 3 is 2.48 bits per heavy atom. The zero-order valence-electron chi connectivity index (χ0n) is 11.3. The van der Waals surface area contributed by atoms with Gasteiger partial charge in [0.25, 0.3) is 5.56 Å². The maximum Gasteiger partial charge on any atom is 0.251 e. The number of aromatic amines is 1. The van der Waals surface area contributed by atoms with E-state index in [0.717, 1.165) is 25.1 Å². The van der Waals surface area contributed by atoms with Crippen molar-refractivity contribution >= 4 is 0 Å². The highest BCUT2D eigenvalue weighted by molar-refractivity contribution is 5.55. The molecule has 0 unspecified atom stereocenters. The molecule has 2 aromatic rings. The number of H-pyrrole nitrogens is 1. The summed E-state index contributed by atoms with van der Waals surface area (Å²) in [6, 6.07) is 2.88. The Labute approximate surface area is 119 Å².